The molecule has 5 nitrogen and oxygen atoms in total. The fourth-order valence-electron chi connectivity index (χ4n) is 4.18. The Morgan fingerprint density at radius 3 is 2.74 bits per heavy atom. The molecule has 0 spiro atoms. The second-order valence-electron chi connectivity index (χ2n) is 7.32. The molecule has 1 aromatic rings. The Hall–Kier alpha value is -1.78. The Morgan fingerprint density at radius 1 is 1.26 bits per heavy atom. The van der Waals surface area contributed by atoms with Gasteiger partial charge in [0.2, 0.25) is 5.91 Å². The lowest BCUT2D eigenvalue weighted by Gasteiger charge is -2.40. The first-order chi connectivity index (χ1) is 11.1. The number of hydrogen-bond donors (Lipinski definition) is 0. The van der Waals surface area contributed by atoms with Gasteiger partial charge in [0, 0.05) is 25.7 Å². The number of fused-ring (bicyclic) bond motifs is 4. The van der Waals surface area contributed by atoms with Gasteiger partial charge in [-0.3, -0.25) is 9.59 Å². The summed E-state index contributed by atoms with van der Waals surface area (Å²) in [4.78, 5) is 29.5. The van der Waals surface area contributed by atoms with Gasteiger partial charge in [-0.2, -0.15) is 0 Å². The van der Waals surface area contributed by atoms with Crippen molar-refractivity contribution in [2.75, 3.05) is 19.6 Å². The number of carbonyl (C=O) groups excluding carboxylic acids is 2. The van der Waals surface area contributed by atoms with Gasteiger partial charge < -0.3 is 14.2 Å². The Labute approximate surface area is 136 Å². The van der Waals surface area contributed by atoms with Crippen molar-refractivity contribution in [2.45, 2.75) is 45.1 Å². The van der Waals surface area contributed by atoms with E-state index in [1.807, 2.05) is 11.8 Å². The second-order valence-corrected chi connectivity index (χ2v) is 7.32. The van der Waals surface area contributed by atoms with Gasteiger partial charge in [0.1, 0.15) is 5.76 Å². The van der Waals surface area contributed by atoms with Crippen LogP contribution in [-0.2, 0) is 4.79 Å². The summed E-state index contributed by atoms with van der Waals surface area (Å²) in [7, 11) is 0. The summed E-state index contributed by atoms with van der Waals surface area (Å²) in [6.45, 7) is 3.93. The van der Waals surface area contributed by atoms with Crippen LogP contribution in [0.1, 0.15) is 48.2 Å². The average Bonchev–Trinajstić information content (AvgIpc) is 2.74. The van der Waals surface area contributed by atoms with Gasteiger partial charge in [-0.25, -0.2) is 0 Å². The van der Waals surface area contributed by atoms with Crippen LogP contribution >= 0.6 is 0 Å². The van der Waals surface area contributed by atoms with E-state index in [4.69, 9.17) is 4.42 Å². The van der Waals surface area contributed by atoms with Gasteiger partial charge in [0.05, 0.1) is 17.7 Å². The predicted octanol–water partition coefficient (Wildman–Crippen LogP) is 2.45. The smallest absolute Gasteiger partial charge is 0.257 e. The van der Waals surface area contributed by atoms with Crippen molar-refractivity contribution in [3.8, 4) is 0 Å². The lowest BCUT2D eigenvalue weighted by molar-refractivity contribution is -0.141. The molecule has 2 amide bonds. The maximum absolute atomic E-state index is 12.8. The van der Waals surface area contributed by atoms with Gasteiger partial charge in [-0.1, -0.05) is 6.42 Å². The molecule has 4 fully saturated rings. The molecule has 23 heavy (non-hydrogen) atoms. The third-order valence-electron chi connectivity index (χ3n) is 5.85. The van der Waals surface area contributed by atoms with Crippen LogP contribution in [0, 0.1) is 18.8 Å². The van der Waals surface area contributed by atoms with E-state index in [1.165, 1.54) is 19.3 Å². The van der Waals surface area contributed by atoms with Gasteiger partial charge in [-0.05, 0) is 44.6 Å². The number of carbonyl (C=O) groups is 2. The molecule has 0 radical (unpaired) electrons. The first-order valence-corrected chi connectivity index (χ1v) is 8.77. The monoisotopic (exact) mass is 316 g/mol. The van der Waals surface area contributed by atoms with E-state index in [1.54, 1.807) is 12.3 Å². The van der Waals surface area contributed by atoms with Crippen molar-refractivity contribution < 1.29 is 14.0 Å². The van der Waals surface area contributed by atoms with E-state index in [-0.39, 0.29) is 23.8 Å². The van der Waals surface area contributed by atoms with Crippen LogP contribution in [0.2, 0.25) is 0 Å². The summed E-state index contributed by atoms with van der Waals surface area (Å²) in [6, 6.07) is 1.93. The summed E-state index contributed by atoms with van der Waals surface area (Å²) in [5.74, 6) is 1.59. The minimum absolute atomic E-state index is 0.00597. The molecule has 0 aromatic carbocycles. The van der Waals surface area contributed by atoms with E-state index in [0.29, 0.717) is 30.3 Å². The van der Waals surface area contributed by atoms with Crippen molar-refractivity contribution >= 4 is 11.8 Å². The van der Waals surface area contributed by atoms with Crippen LogP contribution in [0.5, 0.6) is 0 Å². The molecular weight excluding hydrogens is 292 g/mol. The van der Waals surface area contributed by atoms with Crippen LogP contribution in [0.15, 0.2) is 16.7 Å². The maximum atomic E-state index is 12.8. The summed E-state index contributed by atoms with van der Waals surface area (Å²) >= 11 is 0. The Bertz CT molecular complexity index is 620. The summed E-state index contributed by atoms with van der Waals surface area (Å²) in [5, 5.41) is 0. The van der Waals surface area contributed by atoms with Gasteiger partial charge >= 0.3 is 0 Å². The van der Waals surface area contributed by atoms with Crippen LogP contribution in [0.4, 0.5) is 0 Å². The van der Waals surface area contributed by atoms with Crippen molar-refractivity contribution in [2.24, 2.45) is 11.8 Å². The quantitative estimate of drug-likeness (QED) is 0.861. The van der Waals surface area contributed by atoms with E-state index >= 15 is 0 Å². The minimum Gasteiger partial charge on any atom is -0.469 e. The highest BCUT2D eigenvalue weighted by atomic mass is 16.3. The molecule has 2 atom stereocenters. The average molecular weight is 316 g/mol. The largest absolute Gasteiger partial charge is 0.469 e. The molecular formula is C18H24N2O3. The van der Waals surface area contributed by atoms with E-state index in [2.05, 4.69) is 4.90 Å². The van der Waals surface area contributed by atoms with E-state index in [0.717, 1.165) is 19.4 Å². The Balaban J connectivity index is 1.53. The SMILES string of the molecule is Cc1occc1C(=O)N1C[C@@H]2CC[C@H](C1)N(CC1CCC1)C2=O. The fraction of sp³-hybridized carbons (Fsp3) is 0.667. The Morgan fingerprint density at radius 2 is 2.09 bits per heavy atom. The fourth-order valence-corrected chi connectivity index (χ4v) is 4.18. The molecule has 5 rings (SSSR count). The zero-order valence-electron chi connectivity index (χ0n) is 13.7. The van der Waals surface area contributed by atoms with Crippen molar-refractivity contribution in [3.05, 3.63) is 23.7 Å². The molecule has 4 aliphatic rings. The van der Waals surface area contributed by atoms with Crippen LogP contribution < -0.4 is 0 Å². The second kappa shape index (κ2) is 5.69. The van der Waals surface area contributed by atoms with E-state index < -0.39 is 0 Å². The number of amides is 2. The topological polar surface area (TPSA) is 53.8 Å². The highest BCUT2D eigenvalue weighted by molar-refractivity contribution is 5.95. The molecule has 1 saturated carbocycles. The molecule has 1 aromatic heterocycles. The highest BCUT2D eigenvalue weighted by Crippen LogP contribution is 2.34. The first-order valence-electron chi connectivity index (χ1n) is 8.77. The van der Waals surface area contributed by atoms with Gasteiger partial charge in [-0.15, -0.1) is 0 Å². The van der Waals surface area contributed by atoms with Crippen LogP contribution in [0.3, 0.4) is 0 Å². The normalized spacial score (nSPS) is 28.0. The summed E-state index contributed by atoms with van der Waals surface area (Å²) in [6.07, 6.45) is 7.29. The van der Waals surface area contributed by atoms with Crippen molar-refractivity contribution in [1.29, 1.82) is 0 Å². The van der Waals surface area contributed by atoms with E-state index in [9.17, 15) is 9.59 Å². The number of piperidine rings is 1. The number of rotatable bonds is 3. The molecule has 124 valence electrons. The highest BCUT2D eigenvalue weighted by Gasteiger charge is 2.43. The molecule has 3 aliphatic heterocycles. The zero-order chi connectivity index (χ0) is 16.0. The van der Waals surface area contributed by atoms with Gasteiger partial charge in [0.25, 0.3) is 5.91 Å². The molecule has 1 aliphatic carbocycles. The third-order valence-corrected chi connectivity index (χ3v) is 5.85. The summed E-state index contributed by atoms with van der Waals surface area (Å²) < 4.78 is 5.27. The first kappa shape index (κ1) is 14.8. The predicted molar refractivity (Wildman–Crippen MR) is 84.9 cm³/mol. The molecule has 3 saturated heterocycles. The number of furan rings is 1. The van der Waals surface area contributed by atoms with Crippen molar-refractivity contribution in [3.63, 3.8) is 0 Å². The Kier molecular flexibility index (Phi) is 3.66. The molecule has 4 heterocycles. The number of nitrogens with zero attached hydrogens (tertiary/aromatic N) is 2. The molecule has 0 N–H and O–H groups in total. The minimum atomic E-state index is -0.0232. The van der Waals surface area contributed by atoms with Gasteiger partial charge in [0.15, 0.2) is 0 Å². The maximum Gasteiger partial charge on any atom is 0.257 e. The summed E-state index contributed by atoms with van der Waals surface area (Å²) in [5.41, 5.74) is 0.629. The lowest BCUT2D eigenvalue weighted by Crippen LogP contribution is -2.50. The molecule has 0 unspecified atom stereocenters. The lowest BCUT2D eigenvalue weighted by atomic mass is 9.83. The number of aryl methyl sites for hydroxylation is 1. The standard InChI is InChI=1S/C18H24N2O3/c1-12-16(7-8-23-12)18(22)19-10-14-5-6-15(11-19)20(17(14)21)9-13-3-2-4-13/h7-8,13-15H,2-6,9-11H2,1H3/t14-,15+/m0/s1. The molecule has 2 bridgehead atoms. The zero-order valence-corrected chi connectivity index (χ0v) is 13.7. The third kappa shape index (κ3) is 2.56. The van der Waals surface area contributed by atoms with Crippen LogP contribution in [-0.4, -0.2) is 47.3 Å². The van der Waals surface area contributed by atoms with Crippen LogP contribution in [0.25, 0.3) is 0 Å². The number of hydrogen-bond acceptors (Lipinski definition) is 3. The van der Waals surface area contributed by atoms with Crippen molar-refractivity contribution in [1.82, 2.24) is 9.80 Å². The molecule has 5 heteroatoms.